The fraction of sp³-hybridized carbons (Fsp3) is 0.238. The molecule has 0 unspecified atom stereocenters. The van der Waals surface area contributed by atoms with Crippen LogP contribution in [0.3, 0.4) is 0 Å². The summed E-state index contributed by atoms with van der Waals surface area (Å²) in [7, 11) is -3.27. The Morgan fingerprint density at radius 3 is 2.43 bits per heavy atom. The van der Waals surface area contributed by atoms with Gasteiger partial charge in [-0.05, 0) is 52.4 Å². The summed E-state index contributed by atoms with van der Waals surface area (Å²) in [4.78, 5) is 12.3. The molecule has 0 N–H and O–H groups in total. The van der Waals surface area contributed by atoms with E-state index in [9.17, 15) is 13.2 Å². The number of carbonyl (C=O) groups is 1. The molecule has 158 valence electrons. The van der Waals surface area contributed by atoms with Crippen LogP contribution >= 0.6 is 27.7 Å². The number of sulfone groups is 1. The zero-order valence-electron chi connectivity index (χ0n) is 16.8. The summed E-state index contributed by atoms with van der Waals surface area (Å²) in [5.41, 5.74) is 4.14. The Morgan fingerprint density at radius 2 is 1.80 bits per heavy atom. The minimum Gasteiger partial charge on any atom is -0.453 e. The van der Waals surface area contributed by atoms with Gasteiger partial charge in [0.2, 0.25) is 0 Å². The Bertz CT molecular complexity index is 1170. The molecule has 3 aromatic rings. The number of aryl methyl sites for hydroxylation is 1. The van der Waals surface area contributed by atoms with Crippen LogP contribution in [0.25, 0.3) is 22.4 Å². The van der Waals surface area contributed by atoms with Crippen LogP contribution in [0.4, 0.5) is 0 Å². The third-order valence-corrected chi connectivity index (χ3v) is 6.84. The van der Waals surface area contributed by atoms with Crippen molar-refractivity contribution in [2.75, 3.05) is 18.5 Å². The number of hydrogen-bond donors (Lipinski definition) is 0. The first-order valence-electron chi connectivity index (χ1n) is 8.99. The average Bonchev–Trinajstić information content (AvgIpc) is 2.99. The van der Waals surface area contributed by atoms with E-state index in [4.69, 9.17) is 4.74 Å². The van der Waals surface area contributed by atoms with Crippen molar-refractivity contribution in [2.24, 2.45) is 0 Å². The molecule has 0 atom stereocenters. The van der Waals surface area contributed by atoms with Gasteiger partial charge in [-0.2, -0.15) is 5.10 Å². The zero-order valence-corrected chi connectivity index (χ0v) is 20.0. The first kappa shape index (κ1) is 22.6. The highest BCUT2D eigenvalue weighted by Gasteiger charge is 2.18. The van der Waals surface area contributed by atoms with Crippen molar-refractivity contribution in [3.63, 3.8) is 0 Å². The van der Waals surface area contributed by atoms with Crippen molar-refractivity contribution in [1.29, 1.82) is 0 Å². The molecule has 3 rings (SSSR count). The lowest BCUT2D eigenvalue weighted by Gasteiger charge is -2.10. The Balaban J connectivity index is 1.93. The molecule has 0 spiro atoms. The van der Waals surface area contributed by atoms with E-state index in [1.165, 1.54) is 18.0 Å². The van der Waals surface area contributed by atoms with Crippen LogP contribution in [0.15, 0.2) is 57.9 Å². The number of ether oxygens (including phenoxy) is 1. The molecule has 6 nitrogen and oxygen atoms in total. The topological polar surface area (TPSA) is 78.3 Å². The van der Waals surface area contributed by atoms with E-state index in [1.807, 2.05) is 43.5 Å². The van der Waals surface area contributed by atoms with Gasteiger partial charge in [0.1, 0.15) is 12.5 Å². The van der Waals surface area contributed by atoms with Crippen molar-refractivity contribution in [1.82, 2.24) is 9.78 Å². The predicted molar refractivity (Wildman–Crippen MR) is 123 cm³/mol. The predicted octanol–water partition coefficient (Wildman–Crippen LogP) is 4.56. The van der Waals surface area contributed by atoms with E-state index in [0.717, 1.165) is 32.6 Å². The Morgan fingerprint density at radius 1 is 1.13 bits per heavy atom. The summed E-state index contributed by atoms with van der Waals surface area (Å²) in [5, 5.41) is 4.45. The minimum absolute atomic E-state index is 0.0144. The molecule has 0 aliphatic heterocycles. The van der Waals surface area contributed by atoms with Crippen LogP contribution in [-0.2, 0) is 25.9 Å². The van der Waals surface area contributed by atoms with Gasteiger partial charge in [0.05, 0.1) is 20.8 Å². The van der Waals surface area contributed by atoms with Crippen LogP contribution in [-0.4, -0.2) is 42.6 Å². The molecule has 1 heterocycles. The summed E-state index contributed by atoms with van der Waals surface area (Å²) in [6.07, 6.45) is 3.06. The van der Waals surface area contributed by atoms with E-state index in [-0.39, 0.29) is 17.4 Å². The van der Waals surface area contributed by atoms with Gasteiger partial charge in [-0.3, -0.25) is 9.48 Å². The summed E-state index contributed by atoms with van der Waals surface area (Å²) in [6.45, 7) is 1.88. The molecule has 0 saturated carbocycles. The van der Waals surface area contributed by atoms with Gasteiger partial charge in [0.25, 0.3) is 0 Å². The maximum atomic E-state index is 12.1. The largest absolute Gasteiger partial charge is 0.453 e. The van der Waals surface area contributed by atoms with Crippen LogP contribution in [0.1, 0.15) is 5.69 Å². The minimum atomic E-state index is -3.27. The molecular weight excluding hydrogens is 488 g/mol. The second-order valence-corrected chi connectivity index (χ2v) is 10.3. The fourth-order valence-corrected chi connectivity index (χ4v) is 4.40. The third-order valence-electron chi connectivity index (χ3n) is 4.42. The zero-order chi connectivity index (χ0) is 21.9. The highest BCUT2D eigenvalue weighted by atomic mass is 79.9. The standard InChI is InChI=1S/C21H21BrN2O4S2/c1-14-20(22)21(24(23-14)12-19(25)28-13-29-2)16-9-7-15(8-10-16)17-5-4-6-18(11-17)30(3,26)27/h4-11H,12-13H2,1-3H3. The quantitative estimate of drug-likeness (QED) is 0.344. The first-order valence-corrected chi connectivity index (χ1v) is 13.1. The number of hydrogen-bond acceptors (Lipinski definition) is 6. The smallest absolute Gasteiger partial charge is 0.328 e. The SMILES string of the molecule is CSCOC(=O)Cn1nc(C)c(Br)c1-c1ccc(-c2cccc(S(C)(=O)=O)c2)cc1. The summed E-state index contributed by atoms with van der Waals surface area (Å²) >= 11 is 5.00. The lowest BCUT2D eigenvalue weighted by atomic mass is 10.0. The second kappa shape index (κ2) is 9.36. The number of aromatic nitrogens is 2. The van der Waals surface area contributed by atoms with Crippen LogP contribution in [0, 0.1) is 6.92 Å². The number of thioether (sulfide) groups is 1. The Kier molecular flexibility index (Phi) is 7.05. The maximum Gasteiger partial charge on any atom is 0.328 e. The van der Waals surface area contributed by atoms with Crippen molar-refractivity contribution in [3.8, 4) is 22.4 Å². The molecule has 0 aliphatic rings. The highest BCUT2D eigenvalue weighted by molar-refractivity contribution is 9.10. The fourth-order valence-electron chi connectivity index (χ4n) is 2.97. The number of rotatable bonds is 7. The van der Waals surface area contributed by atoms with Gasteiger partial charge in [0, 0.05) is 11.8 Å². The van der Waals surface area contributed by atoms with E-state index < -0.39 is 9.84 Å². The van der Waals surface area contributed by atoms with Crippen LogP contribution < -0.4 is 0 Å². The number of nitrogens with zero attached hydrogens (tertiary/aromatic N) is 2. The molecule has 0 fully saturated rings. The third kappa shape index (κ3) is 5.14. The van der Waals surface area contributed by atoms with E-state index in [1.54, 1.807) is 22.9 Å². The van der Waals surface area contributed by atoms with Crippen molar-refractivity contribution < 1.29 is 17.9 Å². The molecule has 0 bridgehead atoms. The molecular formula is C21H21BrN2O4S2. The normalized spacial score (nSPS) is 11.5. The van der Waals surface area contributed by atoms with Gasteiger partial charge in [-0.15, -0.1) is 11.8 Å². The monoisotopic (exact) mass is 508 g/mol. The van der Waals surface area contributed by atoms with Crippen LogP contribution in [0.2, 0.25) is 0 Å². The number of halogens is 1. The van der Waals surface area contributed by atoms with Crippen LogP contribution in [0.5, 0.6) is 0 Å². The number of benzene rings is 2. The summed E-state index contributed by atoms with van der Waals surface area (Å²) < 4.78 is 31.3. The maximum absolute atomic E-state index is 12.1. The van der Waals surface area contributed by atoms with Crippen molar-refractivity contribution in [2.45, 2.75) is 18.4 Å². The molecule has 0 amide bonds. The Hall–Kier alpha value is -2.10. The molecule has 0 saturated heterocycles. The van der Waals surface area contributed by atoms with Crippen molar-refractivity contribution >= 4 is 43.5 Å². The molecule has 0 aliphatic carbocycles. The highest BCUT2D eigenvalue weighted by Crippen LogP contribution is 2.33. The van der Waals surface area contributed by atoms with Gasteiger partial charge in [0.15, 0.2) is 9.84 Å². The molecule has 9 heteroatoms. The lowest BCUT2D eigenvalue weighted by Crippen LogP contribution is -2.15. The van der Waals surface area contributed by atoms with Gasteiger partial charge >= 0.3 is 5.97 Å². The molecule has 30 heavy (non-hydrogen) atoms. The van der Waals surface area contributed by atoms with E-state index in [2.05, 4.69) is 21.0 Å². The number of carbonyl (C=O) groups excluding carboxylic acids is 1. The van der Waals surface area contributed by atoms with Crippen molar-refractivity contribution in [3.05, 3.63) is 58.7 Å². The Labute approximate surface area is 188 Å². The van der Waals surface area contributed by atoms with Gasteiger partial charge < -0.3 is 4.74 Å². The van der Waals surface area contributed by atoms with Gasteiger partial charge in [-0.1, -0.05) is 36.4 Å². The average molecular weight is 509 g/mol. The van der Waals surface area contributed by atoms with Gasteiger partial charge in [-0.25, -0.2) is 8.42 Å². The molecule has 0 radical (unpaired) electrons. The first-order chi connectivity index (χ1) is 14.2. The molecule has 1 aromatic heterocycles. The second-order valence-electron chi connectivity index (χ2n) is 6.71. The van der Waals surface area contributed by atoms with E-state index >= 15 is 0 Å². The molecule has 2 aromatic carbocycles. The van der Waals surface area contributed by atoms with E-state index in [0.29, 0.717) is 5.94 Å². The summed E-state index contributed by atoms with van der Waals surface area (Å²) in [6, 6.07) is 14.5. The summed E-state index contributed by atoms with van der Waals surface area (Å²) in [5.74, 6) is -0.0496. The number of esters is 1. The lowest BCUT2D eigenvalue weighted by molar-refractivity contribution is -0.142.